The Morgan fingerprint density at radius 3 is 2.22 bits per heavy atom. The zero-order valence-electron chi connectivity index (χ0n) is 5.90. The summed E-state index contributed by atoms with van der Waals surface area (Å²) < 4.78 is 1.66. The molecule has 0 aromatic carbocycles. The SMILES string of the molecule is CC1N(C)C=[N+]([S-])N1C. The number of rotatable bonds is 0. The van der Waals surface area contributed by atoms with Crippen LogP contribution in [0.3, 0.4) is 0 Å². The maximum atomic E-state index is 4.94. The minimum absolute atomic E-state index is 0.391. The molecule has 1 unspecified atom stereocenters. The van der Waals surface area contributed by atoms with E-state index in [1.807, 2.05) is 25.4 Å². The van der Waals surface area contributed by atoms with E-state index in [2.05, 4.69) is 11.8 Å². The van der Waals surface area contributed by atoms with Gasteiger partial charge in [0.15, 0.2) is 6.17 Å². The second-order valence-electron chi connectivity index (χ2n) is 2.29. The van der Waals surface area contributed by atoms with E-state index in [9.17, 15) is 0 Å². The molecule has 0 aromatic rings. The van der Waals surface area contributed by atoms with Crippen molar-refractivity contribution in [2.45, 2.75) is 13.1 Å². The number of nitrogens with zero attached hydrogens (tertiary/aromatic N) is 3. The zero-order valence-corrected chi connectivity index (χ0v) is 6.72. The molecule has 52 valence electrons. The minimum Gasteiger partial charge on any atom is -0.530 e. The van der Waals surface area contributed by atoms with Crippen LogP contribution in [0.15, 0.2) is 0 Å². The maximum Gasteiger partial charge on any atom is 0.241 e. The fourth-order valence-electron chi connectivity index (χ4n) is 0.762. The topological polar surface area (TPSA) is 9.49 Å². The van der Waals surface area contributed by atoms with Gasteiger partial charge in [0.05, 0.1) is 7.05 Å². The summed E-state index contributed by atoms with van der Waals surface area (Å²) in [5, 5.41) is 1.98. The van der Waals surface area contributed by atoms with Gasteiger partial charge >= 0.3 is 0 Å². The summed E-state index contributed by atoms with van der Waals surface area (Å²) in [6, 6.07) is 0. The quantitative estimate of drug-likeness (QED) is 0.340. The van der Waals surface area contributed by atoms with Gasteiger partial charge in [-0.3, -0.25) is 4.09 Å². The van der Waals surface area contributed by atoms with Gasteiger partial charge in [0, 0.05) is 7.05 Å². The van der Waals surface area contributed by atoms with Crippen LogP contribution in [0, 0.1) is 0 Å². The van der Waals surface area contributed by atoms with Crippen molar-refractivity contribution in [3.63, 3.8) is 0 Å². The first-order chi connectivity index (χ1) is 4.13. The largest absolute Gasteiger partial charge is 0.530 e. The van der Waals surface area contributed by atoms with Gasteiger partial charge < -0.3 is 12.8 Å². The molecule has 3 nitrogen and oxygen atoms in total. The summed E-state index contributed by atoms with van der Waals surface area (Å²) in [6.45, 7) is 2.10. The Kier molecular flexibility index (Phi) is 1.48. The van der Waals surface area contributed by atoms with Crippen molar-refractivity contribution in [2.75, 3.05) is 14.1 Å². The van der Waals surface area contributed by atoms with Crippen molar-refractivity contribution in [1.82, 2.24) is 9.91 Å². The first kappa shape index (κ1) is 6.61. The maximum absolute atomic E-state index is 4.94. The van der Waals surface area contributed by atoms with Gasteiger partial charge in [0.2, 0.25) is 6.34 Å². The van der Waals surface area contributed by atoms with E-state index in [0.29, 0.717) is 6.17 Å². The monoisotopic (exact) mass is 145 g/mol. The third kappa shape index (κ3) is 0.941. The van der Waals surface area contributed by atoms with Crippen molar-refractivity contribution in [2.24, 2.45) is 0 Å². The lowest BCUT2D eigenvalue weighted by Crippen LogP contribution is -2.35. The van der Waals surface area contributed by atoms with Gasteiger partial charge in [0.1, 0.15) is 0 Å². The molecule has 0 fully saturated rings. The number of hydrazone groups is 1. The molecule has 0 aromatic heterocycles. The smallest absolute Gasteiger partial charge is 0.241 e. The Balaban J connectivity index is 2.70. The molecule has 0 amide bonds. The molecule has 1 rings (SSSR count). The average molecular weight is 145 g/mol. The molecular formula is C5H11N3S. The number of hydrazine groups is 1. The summed E-state index contributed by atoms with van der Waals surface area (Å²) in [7, 11) is 3.98. The van der Waals surface area contributed by atoms with E-state index in [1.54, 1.807) is 4.09 Å². The van der Waals surface area contributed by atoms with E-state index in [1.165, 1.54) is 0 Å². The van der Waals surface area contributed by atoms with Gasteiger partial charge in [0.25, 0.3) is 0 Å². The first-order valence-corrected chi connectivity index (χ1v) is 3.25. The van der Waals surface area contributed by atoms with Crippen LogP contribution in [0.5, 0.6) is 0 Å². The fraction of sp³-hybridized carbons (Fsp3) is 0.800. The highest BCUT2D eigenvalue weighted by Gasteiger charge is 2.23. The second kappa shape index (κ2) is 2.02. The van der Waals surface area contributed by atoms with Gasteiger partial charge in [-0.1, -0.05) is 0 Å². The Hall–Kier alpha value is -0.510. The average Bonchev–Trinajstić information content (AvgIpc) is 1.98. The predicted octanol–water partition coefficient (Wildman–Crippen LogP) is -0.373. The van der Waals surface area contributed by atoms with Crippen LogP contribution in [0.1, 0.15) is 6.92 Å². The highest BCUT2D eigenvalue weighted by Crippen LogP contribution is 2.04. The summed E-state index contributed by atoms with van der Waals surface area (Å²) in [4.78, 5) is 2.06. The van der Waals surface area contributed by atoms with Crippen molar-refractivity contribution in [3.05, 3.63) is 0 Å². The normalized spacial score (nSPS) is 27.0. The van der Waals surface area contributed by atoms with Crippen molar-refractivity contribution < 1.29 is 4.09 Å². The first-order valence-electron chi connectivity index (χ1n) is 2.89. The van der Waals surface area contributed by atoms with Gasteiger partial charge in [-0.25, -0.2) is 9.91 Å². The van der Waals surface area contributed by atoms with E-state index < -0.39 is 0 Å². The van der Waals surface area contributed by atoms with Crippen LogP contribution < -0.4 is 0 Å². The third-order valence-corrected chi connectivity index (χ3v) is 2.07. The molecule has 0 saturated carbocycles. The Morgan fingerprint density at radius 1 is 1.56 bits per heavy atom. The van der Waals surface area contributed by atoms with Gasteiger partial charge in [-0.2, -0.15) is 0 Å². The third-order valence-electron chi connectivity index (χ3n) is 1.72. The summed E-state index contributed by atoms with van der Waals surface area (Å²) in [5.74, 6) is 0. The van der Waals surface area contributed by atoms with E-state index >= 15 is 0 Å². The molecule has 1 aliphatic heterocycles. The molecule has 9 heavy (non-hydrogen) atoms. The lowest BCUT2D eigenvalue weighted by molar-refractivity contribution is -0.536. The highest BCUT2D eigenvalue weighted by atomic mass is 32.1. The van der Waals surface area contributed by atoms with Crippen LogP contribution >= 0.6 is 0 Å². The predicted molar refractivity (Wildman–Crippen MR) is 38.7 cm³/mol. The van der Waals surface area contributed by atoms with E-state index in [0.717, 1.165) is 0 Å². The number of hydrogen-bond acceptors (Lipinski definition) is 3. The van der Waals surface area contributed by atoms with Crippen LogP contribution in [0.4, 0.5) is 0 Å². The van der Waals surface area contributed by atoms with Crippen molar-refractivity contribution in [1.29, 1.82) is 0 Å². The molecule has 0 bridgehead atoms. The molecule has 0 spiro atoms. The molecular weight excluding hydrogens is 134 g/mol. The molecule has 0 radical (unpaired) electrons. The Bertz CT molecular complexity index is 145. The molecule has 1 heterocycles. The molecule has 1 atom stereocenters. The molecule has 0 N–H and O–H groups in total. The van der Waals surface area contributed by atoms with Crippen LogP contribution in [0.25, 0.3) is 0 Å². The molecule has 0 saturated heterocycles. The molecule has 1 aliphatic rings. The Morgan fingerprint density at radius 2 is 2.11 bits per heavy atom. The lowest BCUT2D eigenvalue weighted by Gasteiger charge is -2.20. The van der Waals surface area contributed by atoms with E-state index in [4.69, 9.17) is 12.8 Å². The Labute approximate surface area is 61.1 Å². The molecule has 4 heteroatoms. The van der Waals surface area contributed by atoms with Crippen LogP contribution in [0.2, 0.25) is 0 Å². The van der Waals surface area contributed by atoms with E-state index in [-0.39, 0.29) is 0 Å². The second-order valence-corrected chi connectivity index (χ2v) is 2.66. The molecule has 0 aliphatic carbocycles. The highest BCUT2D eigenvalue weighted by molar-refractivity contribution is 7.51. The lowest BCUT2D eigenvalue weighted by atomic mass is 10.5. The summed E-state index contributed by atoms with van der Waals surface area (Å²) in [5.41, 5.74) is 0. The van der Waals surface area contributed by atoms with Crippen LogP contribution in [-0.4, -0.2) is 40.6 Å². The van der Waals surface area contributed by atoms with Crippen molar-refractivity contribution in [3.8, 4) is 0 Å². The minimum atomic E-state index is 0.391. The number of hydrogen-bond donors (Lipinski definition) is 0. The van der Waals surface area contributed by atoms with Crippen LogP contribution in [-0.2, 0) is 12.8 Å². The van der Waals surface area contributed by atoms with Crippen molar-refractivity contribution >= 4 is 19.2 Å². The standard InChI is InChI=1S/C5H11N3S/c1-5-6(2)4-8(9)7(5)3/h4-5H,1-3H3. The zero-order chi connectivity index (χ0) is 7.02. The van der Waals surface area contributed by atoms with Gasteiger partial charge in [-0.15, -0.1) is 0 Å². The summed E-state index contributed by atoms with van der Waals surface area (Å²) >= 11 is 4.94. The summed E-state index contributed by atoms with van der Waals surface area (Å²) in [6.07, 6.45) is 2.28. The van der Waals surface area contributed by atoms with Gasteiger partial charge in [-0.05, 0) is 6.92 Å². The fourth-order valence-corrected chi connectivity index (χ4v) is 1.05.